The van der Waals surface area contributed by atoms with Crippen molar-refractivity contribution >= 4 is 12.2 Å². The molecule has 1 heterocycles. The Morgan fingerprint density at radius 3 is 1.49 bits per heavy atom. The Morgan fingerprint density at radius 2 is 1.03 bits per heavy atom. The third-order valence-corrected chi connectivity index (χ3v) is 12.0. The van der Waals surface area contributed by atoms with Crippen LogP contribution < -0.4 is 0 Å². The van der Waals surface area contributed by atoms with Crippen molar-refractivity contribution in [1.29, 1.82) is 0 Å². The summed E-state index contributed by atoms with van der Waals surface area (Å²) in [6, 6.07) is 28.1. The van der Waals surface area contributed by atoms with Crippen molar-refractivity contribution in [3.8, 4) is 0 Å². The predicted molar refractivity (Wildman–Crippen MR) is 266 cm³/mol. The number of nitrogens with zero attached hydrogens (tertiary/aromatic N) is 1. The lowest BCUT2D eigenvalue weighted by Gasteiger charge is -2.46. The van der Waals surface area contributed by atoms with Gasteiger partial charge in [-0.05, 0) is 64.7 Å². The molecule has 0 aliphatic carbocycles. The van der Waals surface area contributed by atoms with E-state index in [0.717, 1.165) is 40.9 Å². The van der Waals surface area contributed by atoms with Crippen LogP contribution >= 0.6 is 0 Å². The van der Waals surface area contributed by atoms with E-state index in [9.17, 15) is 19.8 Å². The molecule has 0 saturated carbocycles. The van der Waals surface area contributed by atoms with Crippen LogP contribution in [0, 0.1) is 5.92 Å². The Bertz CT molecular complexity index is 1770. The molecule has 1 fully saturated rings. The molecular weight excluding hydrogens is 863 g/mol. The van der Waals surface area contributed by atoms with Crippen LogP contribution in [-0.4, -0.2) is 94.6 Å². The zero-order valence-electron chi connectivity index (χ0n) is 42.5. The predicted octanol–water partition coefficient (Wildman–Crippen LogP) is 12.1. The molecule has 2 N–H and O–H groups in total. The van der Waals surface area contributed by atoms with Crippen LogP contribution in [0.15, 0.2) is 91.0 Å². The van der Waals surface area contributed by atoms with Crippen LogP contribution in [0.3, 0.4) is 0 Å². The van der Waals surface area contributed by atoms with Gasteiger partial charge in [0.15, 0.2) is 6.29 Å². The van der Waals surface area contributed by atoms with Crippen molar-refractivity contribution in [2.24, 2.45) is 5.92 Å². The molecule has 380 valence electrons. The first kappa shape index (κ1) is 56.7. The minimum Gasteiger partial charge on any atom is -0.443 e. The van der Waals surface area contributed by atoms with Gasteiger partial charge in [-0.25, -0.2) is 14.5 Å². The zero-order valence-corrected chi connectivity index (χ0v) is 42.5. The van der Waals surface area contributed by atoms with Gasteiger partial charge in [-0.2, -0.15) is 0 Å². The van der Waals surface area contributed by atoms with Crippen molar-refractivity contribution in [3.05, 3.63) is 108 Å². The number of amides is 2. The molecule has 3 aromatic rings. The molecule has 1 saturated heterocycles. The van der Waals surface area contributed by atoms with E-state index >= 15 is 0 Å². The molecule has 0 bridgehead atoms. The Hall–Kier alpha value is -3.88. The summed E-state index contributed by atoms with van der Waals surface area (Å²) in [6.07, 6.45) is 6.16. The second-order valence-corrected chi connectivity index (χ2v) is 20.4. The molecule has 0 spiro atoms. The number of hydrogen-bond donors (Lipinski definition) is 2. The van der Waals surface area contributed by atoms with Crippen molar-refractivity contribution < 1.29 is 53.0 Å². The van der Waals surface area contributed by atoms with Crippen LogP contribution in [0.5, 0.6) is 0 Å². The second-order valence-electron chi connectivity index (χ2n) is 20.4. The zero-order chi connectivity index (χ0) is 49.4. The number of aliphatic hydroxyl groups excluding tert-OH is 2. The topological polar surface area (TPSA) is 142 Å². The monoisotopic (exact) mass is 948 g/mol. The number of aliphatic hydroxyl groups is 2. The maximum absolute atomic E-state index is 14.1. The van der Waals surface area contributed by atoms with Crippen LogP contribution in [0.25, 0.3) is 0 Å². The molecule has 1 aliphatic heterocycles. The number of carbonyl (C=O) groups is 2. The molecule has 1 aliphatic rings. The molecule has 8 atom stereocenters. The van der Waals surface area contributed by atoms with E-state index in [1.54, 1.807) is 41.5 Å². The van der Waals surface area contributed by atoms with Crippen molar-refractivity contribution in [2.45, 2.75) is 213 Å². The number of imide groups is 1. The molecule has 12 heteroatoms. The number of hydrogen-bond acceptors (Lipinski definition) is 11. The maximum Gasteiger partial charge on any atom is 0.420 e. The third kappa shape index (κ3) is 21.0. The Balaban J connectivity index is 1.59. The van der Waals surface area contributed by atoms with Crippen LogP contribution in [0.1, 0.15) is 156 Å². The second kappa shape index (κ2) is 30.0. The number of unbranched alkanes of at least 4 members (excludes halogenated alkanes) is 11. The van der Waals surface area contributed by atoms with Crippen LogP contribution in [0.4, 0.5) is 9.59 Å². The fourth-order valence-electron chi connectivity index (χ4n) is 8.32. The van der Waals surface area contributed by atoms with Crippen LogP contribution in [-0.2, 0) is 53.0 Å². The summed E-state index contributed by atoms with van der Waals surface area (Å²) in [6.45, 7) is 14.9. The number of ether oxygens (including phenoxy) is 7. The van der Waals surface area contributed by atoms with E-state index in [0.29, 0.717) is 19.6 Å². The van der Waals surface area contributed by atoms with E-state index in [-0.39, 0.29) is 19.6 Å². The Labute approximate surface area is 408 Å². The minimum atomic E-state index is -1.63. The first-order chi connectivity index (χ1) is 32.6. The Morgan fingerprint density at radius 1 is 0.603 bits per heavy atom. The summed E-state index contributed by atoms with van der Waals surface area (Å²) in [5.41, 5.74) is 0.929. The molecular formula is C56H85NO11. The van der Waals surface area contributed by atoms with E-state index in [1.807, 2.05) is 97.9 Å². The van der Waals surface area contributed by atoms with Crippen LogP contribution in [0.2, 0.25) is 0 Å². The maximum atomic E-state index is 14.1. The van der Waals surface area contributed by atoms with Gasteiger partial charge in [-0.15, -0.1) is 0 Å². The quantitative estimate of drug-likeness (QED) is 0.0642. The fourth-order valence-corrected chi connectivity index (χ4v) is 8.32. The summed E-state index contributed by atoms with van der Waals surface area (Å²) >= 11 is 0. The Kier molecular flexibility index (Phi) is 25.0. The van der Waals surface area contributed by atoms with Gasteiger partial charge < -0.3 is 43.4 Å². The minimum absolute atomic E-state index is 0.123. The smallest absolute Gasteiger partial charge is 0.420 e. The van der Waals surface area contributed by atoms with E-state index < -0.39 is 78.8 Å². The molecule has 0 radical (unpaired) electrons. The average Bonchev–Trinajstić information content (AvgIpc) is 3.30. The van der Waals surface area contributed by atoms with Gasteiger partial charge in [-0.3, -0.25) is 0 Å². The van der Waals surface area contributed by atoms with Crippen molar-refractivity contribution in [2.75, 3.05) is 13.2 Å². The molecule has 3 aromatic carbocycles. The molecule has 4 rings (SSSR count). The number of rotatable bonds is 29. The van der Waals surface area contributed by atoms with Gasteiger partial charge in [0.1, 0.15) is 29.5 Å². The fraction of sp³-hybridized carbons (Fsp3) is 0.643. The lowest BCUT2D eigenvalue weighted by atomic mass is 9.91. The standard InChI is InChI=1S/C56H85NO11/c1-9-10-11-12-13-14-15-16-17-18-19-29-36-47(58)49(59)46(57(53(60)67-55(3,4)5)54(61)68-56(6,7)8)40-65-52-42(2)50(63-38-44-32-25-21-26-33-44)51(64-39-45-34-27-22-28-35-45)48(66-52)41-62-37-43-30-23-20-24-31-43/h20-28,30-35,42,46-52,58-59H,9-19,29,36-41H2,1-8H3/t42-,46+,47-,48?,49+,50-,51-,52+/m1/s1. The highest BCUT2D eigenvalue weighted by molar-refractivity contribution is 5.88. The van der Waals surface area contributed by atoms with Gasteiger partial charge >= 0.3 is 12.2 Å². The molecule has 68 heavy (non-hydrogen) atoms. The molecule has 2 amide bonds. The lowest BCUT2D eigenvalue weighted by molar-refractivity contribution is -0.305. The third-order valence-electron chi connectivity index (χ3n) is 12.0. The summed E-state index contributed by atoms with van der Waals surface area (Å²) in [5, 5.41) is 23.7. The summed E-state index contributed by atoms with van der Waals surface area (Å²) < 4.78 is 44.7. The molecule has 1 unspecified atom stereocenters. The highest BCUT2D eigenvalue weighted by Gasteiger charge is 2.48. The van der Waals surface area contributed by atoms with Gasteiger partial charge in [0.25, 0.3) is 0 Å². The van der Waals surface area contributed by atoms with E-state index in [1.165, 1.54) is 51.4 Å². The lowest BCUT2D eigenvalue weighted by Crippen LogP contribution is -2.60. The number of carbonyl (C=O) groups excluding carboxylic acids is 2. The first-order valence-electron chi connectivity index (χ1n) is 25.4. The average molecular weight is 948 g/mol. The summed E-state index contributed by atoms with van der Waals surface area (Å²) in [5.74, 6) is -0.481. The largest absolute Gasteiger partial charge is 0.443 e. The molecule has 0 aromatic heterocycles. The normalized spacial score (nSPS) is 20.1. The van der Waals surface area contributed by atoms with E-state index in [4.69, 9.17) is 33.2 Å². The highest BCUT2D eigenvalue weighted by atomic mass is 16.7. The van der Waals surface area contributed by atoms with Crippen molar-refractivity contribution in [3.63, 3.8) is 0 Å². The highest BCUT2D eigenvalue weighted by Crippen LogP contribution is 2.34. The van der Waals surface area contributed by atoms with Crippen molar-refractivity contribution in [1.82, 2.24) is 4.90 Å². The van der Waals surface area contributed by atoms with Gasteiger partial charge in [0.2, 0.25) is 0 Å². The van der Waals surface area contributed by atoms with E-state index in [2.05, 4.69) is 6.92 Å². The SMILES string of the molecule is CCCCCCCCCCCCCC[C@@H](O)[C@@H](O)[C@H](CO[C@H]1OC(COCc2ccccc2)[C@@H](OCc2ccccc2)[C@H](OCc2ccccc2)[C@H]1C)N(C(=O)OC(C)(C)C)C(=O)OC(C)(C)C. The number of benzene rings is 3. The summed E-state index contributed by atoms with van der Waals surface area (Å²) in [7, 11) is 0. The first-order valence-corrected chi connectivity index (χ1v) is 25.4. The van der Waals surface area contributed by atoms with Gasteiger partial charge in [-0.1, -0.05) is 182 Å². The van der Waals surface area contributed by atoms with Gasteiger partial charge in [0.05, 0.1) is 51.3 Å². The van der Waals surface area contributed by atoms with Gasteiger partial charge in [0, 0.05) is 5.92 Å². The summed E-state index contributed by atoms with van der Waals surface area (Å²) in [4.78, 5) is 29.0. The molecule has 12 nitrogen and oxygen atoms in total.